The Bertz CT molecular complexity index is 725. The van der Waals surface area contributed by atoms with Crippen LogP contribution in [0.3, 0.4) is 0 Å². The Kier molecular flexibility index (Phi) is 5.10. The van der Waals surface area contributed by atoms with Crippen molar-refractivity contribution in [3.8, 4) is 11.5 Å². The first-order chi connectivity index (χ1) is 11.8. The van der Waals surface area contributed by atoms with Crippen molar-refractivity contribution in [3.63, 3.8) is 0 Å². The molecule has 2 heterocycles. The highest BCUT2D eigenvalue weighted by Gasteiger charge is 2.17. The van der Waals surface area contributed by atoms with Crippen LogP contribution in [0, 0.1) is 0 Å². The zero-order valence-electron chi connectivity index (χ0n) is 13.6. The van der Waals surface area contributed by atoms with Gasteiger partial charge in [0.05, 0.1) is 12.2 Å². The molecule has 0 atom stereocenters. The number of amides is 1. The Hall–Kier alpha value is -2.83. The van der Waals surface area contributed by atoms with Gasteiger partial charge in [-0.05, 0) is 37.6 Å². The van der Waals surface area contributed by atoms with E-state index in [1.165, 1.54) is 6.33 Å². The molecule has 7 nitrogen and oxygen atoms in total. The normalized spacial score (nSPS) is 12.8. The lowest BCUT2D eigenvalue weighted by Crippen LogP contribution is -2.29. The molecule has 0 saturated heterocycles. The summed E-state index contributed by atoms with van der Waals surface area (Å²) < 4.78 is 12.9. The second-order valence-corrected chi connectivity index (χ2v) is 5.36. The standard InChI is InChI=1S/C17H20N4O3/c1-2-23-15-4-5-16-13(9-15)8-14(10-24-16)17(22)19-6-3-7-21-12-18-11-20-21/h4-5,8-9,11-12H,2-3,6-7,10H2,1H3,(H,19,22). The number of aryl methyl sites for hydroxylation is 1. The number of ether oxygens (including phenoxy) is 2. The van der Waals surface area contributed by atoms with E-state index in [1.807, 2.05) is 31.2 Å². The maximum Gasteiger partial charge on any atom is 0.250 e. The fraction of sp³-hybridized carbons (Fsp3) is 0.353. The molecule has 1 aromatic carbocycles. The highest BCUT2D eigenvalue weighted by molar-refractivity contribution is 5.99. The number of carbonyl (C=O) groups is 1. The van der Waals surface area contributed by atoms with Gasteiger partial charge in [-0.15, -0.1) is 0 Å². The number of nitrogens with one attached hydrogen (secondary N) is 1. The van der Waals surface area contributed by atoms with Crippen LogP contribution in [-0.4, -0.2) is 40.4 Å². The molecule has 2 aromatic rings. The molecule has 0 aliphatic carbocycles. The summed E-state index contributed by atoms with van der Waals surface area (Å²) in [5.74, 6) is 1.42. The van der Waals surface area contributed by atoms with Gasteiger partial charge in [-0.1, -0.05) is 0 Å². The van der Waals surface area contributed by atoms with E-state index in [0.29, 0.717) is 18.7 Å². The van der Waals surface area contributed by atoms with E-state index in [1.54, 1.807) is 11.0 Å². The lowest BCUT2D eigenvalue weighted by Gasteiger charge is -2.18. The van der Waals surface area contributed by atoms with Crippen molar-refractivity contribution in [3.05, 3.63) is 42.0 Å². The van der Waals surface area contributed by atoms with E-state index in [4.69, 9.17) is 9.47 Å². The van der Waals surface area contributed by atoms with E-state index in [9.17, 15) is 4.79 Å². The number of benzene rings is 1. The van der Waals surface area contributed by atoms with Gasteiger partial charge in [0.25, 0.3) is 5.91 Å². The zero-order chi connectivity index (χ0) is 16.8. The van der Waals surface area contributed by atoms with Crippen LogP contribution in [0.5, 0.6) is 11.5 Å². The first kappa shape index (κ1) is 16.0. The number of hydrogen-bond donors (Lipinski definition) is 1. The second-order valence-electron chi connectivity index (χ2n) is 5.36. The van der Waals surface area contributed by atoms with E-state index in [2.05, 4.69) is 15.4 Å². The molecule has 0 saturated carbocycles. The molecule has 3 rings (SSSR count). The smallest absolute Gasteiger partial charge is 0.250 e. The molecular formula is C17H20N4O3. The first-order valence-electron chi connectivity index (χ1n) is 7.97. The molecule has 1 N–H and O–H groups in total. The van der Waals surface area contributed by atoms with Crippen LogP contribution in [0.25, 0.3) is 6.08 Å². The topological polar surface area (TPSA) is 78.3 Å². The van der Waals surface area contributed by atoms with Gasteiger partial charge in [0.2, 0.25) is 0 Å². The molecule has 0 bridgehead atoms. The molecule has 1 amide bonds. The number of fused-ring (bicyclic) bond motifs is 1. The van der Waals surface area contributed by atoms with E-state index in [-0.39, 0.29) is 12.5 Å². The Morgan fingerprint density at radius 3 is 3.17 bits per heavy atom. The third-order valence-electron chi connectivity index (χ3n) is 3.61. The average molecular weight is 328 g/mol. The molecule has 126 valence electrons. The summed E-state index contributed by atoms with van der Waals surface area (Å²) in [6, 6.07) is 5.62. The van der Waals surface area contributed by atoms with Crippen molar-refractivity contribution in [2.75, 3.05) is 19.8 Å². The summed E-state index contributed by atoms with van der Waals surface area (Å²) in [5.41, 5.74) is 1.47. The van der Waals surface area contributed by atoms with Crippen molar-refractivity contribution in [2.45, 2.75) is 19.9 Å². The van der Waals surface area contributed by atoms with E-state index < -0.39 is 0 Å². The van der Waals surface area contributed by atoms with E-state index in [0.717, 1.165) is 30.0 Å². The summed E-state index contributed by atoms with van der Waals surface area (Å²) in [5, 5.41) is 6.93. The maximum absolute atomic E-state index is 12.3. The minimum absolute atomic E-state index is 0.110. The minimum atomic E-state index is -0.110. The molecule has 1 aromatic heterocycles. The molecule has 24 heavy (non-hydrogen) atoms. The molecular weight excluding hydrogens is 308 g/mol. The summed E-state index contributed by atoms with van der Waals surface area (Å²) in [6.45, 7) is 4.10. The number of rotatable bonds is 7. The molecule has 0 spiro atoms. The average Bonchev–Trinajstić information content (AvgIpc) is 3.11. The van der Waals surface area contributed by atoms with Crippen LogP contribution in [0.2, 0.25) is 0 Å². The largest absolute Gasteiger partial charge is 0.494 e. The van der Waals surface area contributed by atoms with Crippen molar-refractivity contribution in [2.24, 2.45) is 0 Å². The summed E-state index contributed by atoms with van der Waals surface area (Å²) in [7, 11) is 0. The fourth-order valence-electron chi connectivity index (χ4n) is 2.45. The van der Waals surface area contributed by atoms with Crippen LogP contribution in [0.1, 0.15) is 18.9 Å². The number of nitrogens with zero attached hydrogens (tertiary/aromatic N) is 3. The van der Waals surface area contributed by atoms with Gasteiger partial charge >= 0.3 is 0 Å². The van der Waals surface area contributed by atoms with Gasteiger partial charge in [0, 0.05) is 18.7 Å². The quantitative estimate of drug-likeness (QED) is 0.782. The van der Waals surface area contributed by atoms with Crippen LogP contribution in [0.15, 0.2) is 36.4 Å². The SMILES string of the molecule is CCOc1ccc2c(c1)C=C(C(=O)NCCCn1cncn1)CO2. The third kappa shape index (κ3) is 3.92. The summed E-state index contributed by atoms with van der Waals surface area (Å²) >= 11 is 0. The lowest BCUT2D eigenvalue weighted by molar-refractivity contribution is -0.117. The maximum atomic E-state index is 12.3. The molecule has 0 unspecified atom stereocenters. The zero-order valence-corrected chi connectivity index (χ0v) is 13.6. The first-order valence-corrected chi connectivity index (χ1v) is 7.97. The highest BCUT2D eigenvalue weighted by atomic mass is 16.5. The van der Waals surface area contributed by atoms with Gasteiger partial charge < -0.3 is 14.8 Å². The summed E-state index contributed by atoms with van der Waals surface area (Å²) in [6.07, 6.45) is 5.80. The Balaban J connectivity index is 1.56. The molecule has 1 aliphatic heterocycles. The van der Waals surface area contributed by atoms with Crippen LogP contribution in [-0.2, 0) is 11.3 Å². The van der Waals surface area contributed by atoms with Crippen LogP contribution >= 0.6 is 0 Å². The monoisotopic (exact) mass is 328 g/mol. The number of hydrogen-bond acceptors (Lipinski definition) is 5. The Morgan fingerprint density at radius 2 is 2.38 bits per heavy atom. The van der Waals surface area contributed by atoms with Crippen molar-refractivity contribution in [1.82, 2.24) is 20.1 Å². The highest BCUT2D eigenvalue weighted by Crippen LogP contribution is 2.30. The second kappa shape index (κ2) is 7.63. The third-order valence-corrected chi connectivity index (χ3v) is 3.61. The molecule has 1 aliphatic rings. The predicted octanol–water partition coefficient (Wildman–Crippen LogP) is 1.66. The van der Waals surface area contributed by atoms with Gasteiger partial charge in [-0.2, -0.15) is 5.10 Å². The van der Waals surface area contributed by atoms with Crippen LogP contribution < -0.4 is 14.8 Å². The van der Waals surface area contributed by atoms with Crippen molar-refractivity contribution in [1.29, 1.82) is 0 Å². The number of aromatic nitrogens is 3. The molecule has 7 heteroatoms. The van der Waals surface area contributed by atoms with Crippen LogP contribution in [0.4, 0.5) is 0 Å². The molecule has 0 fully saturated rings. The predicted molar refractivity (Wildman–Crippen MR) is 88.7 cm³/mol. The summed E-state index contributed by atoms with van der Waals surface area (Å²) in [4.78, 5) is 16.1. The van der Waals surface area contributed by atoms with Gasteiger partial charge in [-0.25, -0.2) is 4.98 Å². The van der Waals surface area contributed by atoms with E-state index >= 15 is 0 Å². The van der Waals surface area contributed by atoms with Gasteiger partial charge in [0.1, 0.15) is 30.8 Å². The Morgan fingerprint density at radius 1 is 1.46 bits per heavy atom. The van der Waals surface area contributed by atoms with Gasteiger partial charge in [0.15, 0.2) is 0 Å². The fourth-order valence-corrected chi connectivity index (χ4v) is 2.45. The number of carbonyl (C=O) groups excluding carboxylic acids is 1. The minimum Gasteiger partial charge on any atom is -0.494 e. The lowest BCUT2D eigenvalue weighted by atomic mass is 10.1. The Labute approximate surface area is 140 Å². The van der Waals surface area contributed by atoms with Crippen molar-refractivity contribution < 1.29 is 14.3 Å². The van der Waals surface area contributed by atoms with Gasteiger partial charge in [-0.3, -0.25) is 9.48 Å². The molecule has 0 radical (unpaired) electrons. The van der Waals surface area contributed by atoms with Crippen molar-refractivity contribution >= 4 is 12.0 Å².